The SMILES string of the molecule is CCc1ccc(CN2CCC3(CC2)CN(c2ccccc2)C(=O)CO3)cc1. The van der Waals surface area contributed by atoms with E-state index in [9.17, 15) is 4.79 Å². The Morgan fingerprint density at radius 1 is 0.963 bits per heavy atom. The third-order valence-electron chi connectivity index (χ3n) is 5.92. The largest absolute Gasteiger partial charge is 0.363 e. The number of carbonyl (C=O) groups excluding carboxylic acids is 1. The van der Waals surface area contributed by atoms with Crippen molar-refractivity contribution in [3.05, 3.63) is 65.7 Å². The van der Waals surface area contributed by atoms with Gasteiger partial charge in [-0.1, -0.05) is 49.4 Å². The van der Waals surface area contributed by atoms with Crippen LogP contribution in [-0.4, -0.2) is 42.6 Å². The molecule has 0 bridgehead atoms. The van der Waals surface area contributed by atoms with Crippen LogP contribution in [0.2, 0.25) is 0 Å². The third-order valence-corrected chi connectivity index (χ3v) is 5.92. The molecule has 0 N–H and O–H groups in total. The molecule has 2 aromatic rings. The van der Waals surface area contributed by atoms with E-state index in [1.54, 1.807) is 0 Å². The van der Waals surface area contributed by atoms with E-state index in [0.717, 1.165) is 44.6 Å². The lowest BCUT2D eigenvalue weighted by Gasteiger charge is -2.47. The molecule has 2 saturated heterocycles. The molecule has 142 valence electrons. The summed E-state index contributed by atoms with van der Waals surface area (Å²) in [5, 5.41) is 0. The number of morpholine rings is 1. The monoisotopic (exact) mass is 364 g/mol. The van der Waals surface area contributed by atoms with Crippen LogP contribution in [0, 0.1) is 0 Å². The van der Waals surface area contributed by atoms with Gasteiger partial charge in [0.1, 0.15) is 6.61 Å². The standard InChI is InChI=1S/C23H28N2O2/c1-2-19-8-10-20(11-9-19)16-24-14-12-23(13-15-24)18-25(22(26)17-27-23)21-6-4-3-5-7-21/h3-11H,2,12-18H2,1H3. The zero-order chi connectivity index (χ0) is 18.7. The second-order valence-electron chi connectivity index (χ2n) is 7.73. The number of aryl methyl sites for hydroxylation is 1. The average Bonchev–Trinajstić information content (AvgIpc) is 2.73. The minimum Gasteiger partial charge on any atom is -0.363 e. The molecule has 4 heteroatoms. The van der Waals surface area contributed by atoms with Crippen LogP contribution in [0.15, 0.2) is 54.6 Å². The molecule has 0 saturated carbocycles. The third kappa shape index (κ3) is 4.07. The number of piperidine rings is 1. The molecule has 27 heavy (non-hydrogen) atoms. The lowest BCUT2D eigenvalue weighted by Crippen LogP contribution is -2.58. The number of likely N-dealkylation sites (tertiary alicyclic amines) is 1. The van der Waals surface area contributed by atoms with Gasteiger partial charge in [0, 0.05) is 25.3 Å². The van der Waals surface area contributed by atoms with Gasteiger partial charge >= 0.3 is 0 Å². The van der Waals surface area contributed by atoms with Crippen LogP contribution in [0.5, 0.6) is 0 Å². The minimum absolute atomic E-state index is 0.0604. The average molecular weight is 364 g/mol. The molecule has 2 fully saturated rings. The Morgan fingerprint density at radius 3 is 2.30 bits per heavy atom. The number of para-hydroxylation sites is 1. The van der Waals surface area contributed by atoms with E-state index >= 15 is 0 Å². The summed E-state index contributed by atoms with van der Waals surface area (Å²) in [6, 6.07) is 18.9. The van der Waals surface area contributed by atoms with Gasteiger partial charge in [-0.05, 0) is 42.5 Å². The van der Waals surface area contributed by atoms with Crippen LogP contribution in [0.4, 0.5) is 5.69 Å². The van der Waals surface area contributed by atoms with Crippen molar-refractivity contribution < 1.29 is 9.53 Å². The summed E-state index contributed by atoms with van der Waals surface area (Å²) in [4.78, 5) is 16.8. The first-order chi connectivity index (χ1) is 13.2. The molecule has 0 atom stereocenters. The van der Waals surface area contributed by atoms with Gasteiger partial charge in [-0.2, -0.15) is 0 Å². The van der Waals surface area contributed by atoms with Gasteiger partial charge in [-0.15, -0.1) is 0 Å². The number of anilines is 1. The summed E-state index contributed by atoms with van der Waals surface area (Å²) in [7, 11) is 0. The fourth-order valence-electron chi connectivity index (χ4n) is 4.12. The summed E-state index contributed by atoms with van der Waals surface area (Å²) in [6.45, 7) is 6.04. The van der Waals surface area contributed by atoms with E-state index < -0.39 is 0 Å². The molecule has 2 aliphatic heterocycles. The van der Waals surface area contributed by atoms with Crippen LogP contribution in [0.25, 0.3) is 0 Å². The smallest absolute Gasteiger partial charge is 0.253 e. The first-order valence-corrected chi connectivity index (χ1v) is 9.97. The second-order valence-corrected chi connectivity index (χ2v) is 7.73. The number of nitrogens with zero attached hydrogens (tertiary/aromatic N) is 2. The van der Waals surface area contributed by atoms with Crippen LogP contribution >= 0.6 is 0 Å². The van der Waals surface area contributed by atoms with E-state index in [1.165, 1.54) is 11.1 Å². The van der Waals surface area contributed by atoms with Crippen molar-refractivity contribution in [1.29, 1.82) is 0 Å². The Bertz CT molecular complexity index is 765. The molecular weight excluding hydrogens is 336 g/mol. The zero-order valence-corrected chi connectivity index (χ0v) is 16.1. The summed E-state index contributed by atoms with van der Waals surface area (Å²) < 4.78 is 6.08. The van der Waals surface area contributed by atoms with Crippen LogP contribution in [0.1, 0.15) is 30.9 Å². The van der Waals surface area contributed by atoms with Gasteiger partial charge in [0.25, 0.3) is 5.91 Å². The lowest BCUT2D eigenvalue weighted by atomic mass is 9.88. The highest BCUT2D eigenvalue weighted by molar-refractivity contribution is 5.95. The predicted octanol–water partition coefficient (Wildman–Crippen LogP) is 3.65. The Morgan fingerprint density at radius 2 is 1.63 bits per heavy atom. The van der Waals surface area contributed by atoms with E-state index in [1.807, 2.05) is 35.2 Å². The molecule has 2 heterocycles. The van der Waals surface area contributed by atoms with Crippen molar-refractivity contribution in [2.75, 3.05) is 31.1 Å². The molecule has 4 nitrogen and oxygen atoms in total. The van der Waals surface area contributed by atoms with Crippen LogP contribution < -0.4 is 4.90 Å². The number of amides is 1. The van der Waals surface area contributed by atoms with Gasteiger partial charge < -0.3 is 9.64 Å². The maximum Gasteiger partial charge on any atom is 0.253 e. The number of carbonyl (C=O) groups is 1. The number of ether oxygens (including phenoxy) is 1. The van der Waals surface area contributed by atoms with Crippen molar-refractivity contribution in [1.82, 2.24) is 4.90 Å². The topological polar surface area (TPSA) is 32.8 Å². The molecule has 1 amide bonds. The number of hydrogen-bond donors (Lipinski definition) is 0. The van der Waals surface area contributed by atoms with Crippen molar-refractivity contribution in [3.63, 3.8) is 0 Å². The van der Waals surface area contributed by atoms with E-state index in [4.69, 9.17) is 4.74 Å². The maximum absolute atomic E-state index is 12.4. The van der Waals surface area contributed by atoms with E-state index in [-0.39, 0.29) is 18.1 Å². The Hall–Kier alpha value is -2.17. The van der Waals surface area contributed by atoms with Crippen molar-refractivity contribution in [2.24, 2.45) is 0 Å². The first kappa shape index (κ1) is 18.2. The predicted molar refractivity (Wildman–Crippen MR) is 108 cm³/mol. The van der Waals surface area contributed by atoms with Gasteiger partial charge in [0.15, 0.2) is 0 Å². The molecule has 4 rings (SSSR count). The quantitative estimate of drug-likeness (QED) is 0.830. The maximum atomic E-state index is 12.4. The van der Waals surface area contributed by atoms with Crippen molar-refractivity contribution >= 4 is 11.6 Å². The molecule has 2 aliphatic rings. The molecule has 0 aliphatic carbocycles. The normalized spacial score (nSPS) is 20.2. The summed E-state index contributed by atoms with van der Waals surface area (Å²) in [5.74, 6) is 0.0604. The number of benzene rings is 2. The zero-order valence-electron chi connectivity index (χ0n) is 16.1. The Balaban J connectivity index is 1.38. The Labute approximate surface area is 161 Å². The van der Waals surface area contributed by atoms with Crippen molar-refractivity contribution in [3.8, 4) is 0 Å². The molecule has 1 spiro atoms. The number of rotatable bonds is 4. The van der Waals surface area contributed by atoms with Crippen LogP contribution in [0.3, 0.4) is 0 Å². The second kappa shape index (κ2) is 7.83. The fourth-order valence-corrected chi connectivity index (χ4v) is 4.12. The lowest BCUT2D eigenvalue weighted by molar-refractivity contribution is -0.144. The van der Waals surface area contributed by atoms with E-state index in [0.29, 0.717) is 6.54 Å². The molecule has 2 aromatic carbocycles. The van der Waals surface area contributed by atoms with E-state index in [2.05, 4.69) is 36.1 Å². The molecule has 0 unspecified atom stereocenters. The summed E-state index contributed by atoms with van der Waals surface area (Å²) in [6.07, 6.45) is 3.02. The summed E-state index contributed by atoms with van der Waals surface area (Å²) in [5.41, 5.74) is 3.53. The highest BCUT2D eigenvalue weighted by Gasteiger charge is 2.42. The molecule has 0 radical (unpaired) electrons. The highest BCUT2D eigenvalue weighted by atomic mass is 16.5. The Kier molecular flexibility index (Phi) is 5.28. The molecular formula is C23H28N2O2. The van der Waals surface area contributed by atoms with Gasteiger partial charge in [0.2, 0.25) is 0 Å². The summed E-state index contributed by atoms with van der Waals surface area (Å²) >= 11 is 0. The van der Waals surface area contributed by atoms with Crippen molar-refractivity contribution in [2.45, 2.75) is 38.3 Å². The first-order valence-electron chi connectivity index (χ1n) is 9.97. The van der Waals surface area contributed by atoms with Gasteiger partial charge in [0.05, 0.1) is 12.1 Å². The number of hydrogen-bond acceptors (Lipinski definition) is 3. The molecule has 0 aromatic heterocycles. The minimum atomic E-state index is -0.202. The fraction of sp³-hybridized carbons (Fsp3) is 0.435. The van der Waals surface area contributed by atoms with Gasteiger partial charge in [-0.25, -0.2) is 0 Å². The van der Waals surface area contributed by atoms with Gasteiger partial charge in [-0.3, -0.25) is 9.69 Å². The van der Waals surface area contributed by atoms with Crippen LogP contribution in [-0.2, 0) is 22.5 Å². The highest BCUT2D eigenvalue weighted by Crippen LogP contribution is 2.33.